The summed E-state index contributed by atoms with van der Waals surface area (Å²) >= 11 is 0. The lowest BCUT2D eigenvalue weighted by Crippen LogP contribution is -2.35. The zero-order chi connectivity index (χ0) is 24.1. The third-order valence-corrected chi connectivity index (χ3v) is 5.57. The molecular weight excluding hydrogens is 440 g/mol. The average molecular weight is 466 g/mol. The minimum absolute atomic E-state index is 0.0897. The molecule has 0 spiro atoms. The number of aliphatic imine (C=N–C) groups is 1. The molecule has 0 atom stereocenters. The number of guanidine groups is 1. The molecule has 0 saturated carbocycles. The van der Waals surface area contributed by atoms with E-state index in [1.54, 1.807) is 31.4 Å². The van der Waals surface area contributed by atoms with Crippen LogP contribution >= 0.6 is 0 Å². The number of benzene rings is 2. The first-order valence-corrected chi connectivity index (χ1v) is 10.9. The Morgan fingerprint density at radius 1 is 1.18 bits per heavy atom. The van der Waals surface area contributed by atoms with Gasteiger partial charge in [-0.1, -0.05) is 18.2 Å². The molecule has 2 aromatic rings. The van der Waals surface area contributed by atoms with E-state index in [9.17, 15) is 19.5 Å². The summed E-state index contributed by atoms with van der Waals surface area (Å²) in [6.07, 6.45) is 0.588. The number of carboxylic acid groups (broad SMARTS) is 1. The Balaban J connectivity index is 1.32. The maximum Gasteiger partial charge on any atom is 0.323 e. The minimum atomic E-state index is -1.07. The average Bonchev–Trinajstić information content (AvgIpc) is 3.18. The molecule has 10 nitrogen and oxygen atoms in total. The van der Waals surface area contributed by atoms with Crippen LogP contribution in [0, 0.1) is 0 Å². The number of carbonyl (C=O) groups is 3. The SMILES string of the molecule is COc1ccc(CN(CC(=O)O)C(=O)CCCOc2cccc3c2CN2CC(=O)NC2=N3)cc1. The monoisotopic (exact) mass is 466 g/mol. The van der Waals surface area contributed by atoms with Gasteiger partial charge in [-0.25, -0.2) is 4.99 Å². The van der Waals surface area contributed by atoms with Crippen LogP contribution in [0.2, 0.25) is 0 Å². The van der Waals surface area contributed by atoms with Crippen molar-refractivity contribution in [2.24, 2.45) is 4.99 Å². The molecule has 34 heavy (non-hydrogen) atoms. The van der Waals surface area contributed by atoms with E-state index in [0.717, 1.165) is 16.8 Å². The number of rotatable bonds is 10. The van der Waals surface area contributed by atoms with E-state index < -0.39 is 5.97 Å². The number of aliphatic carboxylic acids is 1. The van der Waals surface area contributed by atoms with Crippen molar-refractivity contribution >= 4 is 29.4 Å². The number of amides is 2. The van der Waals surface area contributed by atoms with Crippen LogP contribution < -0.4 is 14.8 Å². The molecule has 2 amide bonds. The van der Waals surface area contributed by atoms with E-state index in [-0.39, 0.29) is 37.9 Å². The van der Waals surface area contributed by atoms with Gasteiger partial charge in [0.25, 0.3) is 0 Å². The summed E-state index contributed by atoms with van der Waals surface area (Å²) in [5.41, 5.74) is 2.45. The lowest BCUT2D eigenvalue weighted by atomic mass is 10.1. The van der Waals surface area contributed by atoms with E-state index in [1.807, 2.05) is 23.1 Å². The maximum atomic E-state index is 12.7. The topological polar surface area (TPSA) is 121 Å². The molecule has 2 N–H and O–H groups in total. The Bertz CT molecular complexity index is 1110. The largest absolute Gasteiger partial charge is 0.497 e. The van der Waals surface area contributed by atoms with Gasteiger partial charge >= 0.3 is 5.97 Å². The number of hydrogen-bond acceptors (Lipinski definition) is 7. The van der Waals surface area contributed by atoms with E-state index >= 15 is 0 Å². The smallest absolute Gasteiger partial charge is 0.323 e. The first-order chi connectivity index (χ1) is 16.4. The standard InChI is InChI=1S/C24H26N4O6/c1-33-17-9-7-16(8-10-17)12-27(15-23(31)32)22(30)6-3-11-34-20-5-2-4-19-18(20)13-28-14-21(29)26-24(28)25-19/h2,4-5,7-10H,3,6,11-15H2,1H3,(H,31,32)(H,25,26,29). The van der Waals surface area contributed by atoms with E-state index in [1.165, 1.54) is 4.90 Å². The summed E-state index contributed by atoms with van der Waals surface area (Å²) in [7, 11) is 1.57. The van der Waals surface area contributed by atoms with Crippen LogP contribution in [0.3, 0.4) is 0 Å². The number of ether oxygens (including phenoxy) is 2. The molecule has 178 valence electrons. The van der Waals surface area contributed by atoms with Gasteiger partial charge < -0.3 is 24.4 Å². The van der Waals surface area contributed by atoms with Crippen LogP contribution in [0.25, 0.3) is 0 Å². The Labute approximate surface area is 196 Å². The maximum absolute atomic E-state index is 12.7. The first-order valence-electron chi connectivity index (χ1n) is 10.9. The summed E-state index contributed by atoms with van der Waals surface area (Å²) in [5.74, 6) is 0.489. The van der Waals surface area contributed by atoms with Gasteiger partial charge in [0.05, 0.1) is 25.9 Å². The fourth-order valence-corrected chi connectivity index (χ4v) is 3.89. The van der Waals surface area contributed by atoms with Crippen molar-refractivity contribution in [3.05, 3.63) is 53.6 Å². The second kappa shape index (κ2) is 10.2. The van der Waals surface area contributed by atoms with Gasteiger partial charge in [-0.3, -0.25) is 19.7 Å². The van der Waals surface area contributed by atoms with E-state index in [0.29, 0.717) is 37.0 Å². The normalized spacial score (nSPS) is 14.0. The summed E-state index contributed by atoms with van der Waals surface area (Å²) < 4.78 is 11.1. The second-order valence-corrected chi connectivity index (χ2v) is 8.04. The van der Waals surface area contributed by atoms with Crippen LogP contribution in [0.1, 0.15) is 24.0 Å². The van der Waals surface area contributed by atoms with Crippen molar-refractivity contribution in [3.63, 3.8) is 0 Å². The van der Waals surface area contributed by atoms with Gasteiger partial charge in [-0.15, -0.1) is 0 Å². The van der Waals surface area contributed by atoms with Crippen LogP contribution in [0.5, 0.6) is 11.5 Å². The molecule has 2 aliphatic heterocycles. The molecular formula is C24H26N4O6. The third-order valence-electron chi connectivity index (χ3n) is 5.57. The molecule has 2 aromatic carbocycles. The molecule has 0 unspecified atom stereocenters. The highest BCUT2D eigenvalue weighted by Crippen LogP contribution is 2.34. The van der Waals surface area contributed by atoms with Crippen LogP contribution in [-0.4, -0.2) is 65.5 Å². The first kappa shape index (κ1) is 23.1. The van der Waals surface area contributed by atoms with Crippen molar-refractivity contribution in [1.82, 2.24) is 15.1 Å². The van der Waals surface area contributed by atoms with Gasteiger partial charge in [0.1, 0.15) is 24.6 Å². The fraction of sp³-hybridized carbons (Fsp3) is 0.333. The highest BCUT2D eigenvalue weighted by molar-refractivity contribution is 6.05. The second-order valence-electron chi connectivity index (χ2n) is 8.04. The number of methoxy groups -OCH3 is 1. The Morgan fingerprint density at radius 3 is 2.71 bits per heavy atom. The quantitative estimate of drug-likeness (QED) is 0.513. The van der Waals surface area contributed by atoms with Gasteiger partial charge in [-0.05, 0) is 36.2 Å². The number of carboxylic acids is 1. The predicted octanol–water partition coefficient (Wildman–Crippen LogP) is 1.90. The number of nitrogens with one attached hydrogen (secondary N) is 1. The Morgan fingerprint density at radius 2 is 1.97 bits per heavy atom. The summed E-state index contributed by atoms with van der Waals surface area (Å²) in [5, 5.41) is 12.0. The minimum Gasteiger partial charge on any atom is -0.497 e. The van der Waals surface area contributed by atoms with E-state index in [2.05, 4.69) is 10.3 Å². The Hall–Kier alpha value is -4.08. The molecule has 2 aliphatic rings. The van der Waals surface area contributed by atoms with Crippen molar-refractivity contribution in [1.29, 1.82) is 0 Å². The van der Waals surface area contributed by atoms with Gasteiger partial charge in [0, 0.05) is 18.5 Å². The summed E-state index contributed by atoms with van der Waals surface area (Å²) in [4.78, 5) is 43.3. The zero-order valence-corrected chi connectivity index (χ0v) is 18.8. The van der Waals surface area contributed by atoms with Gasteiger partial charge in [0.15, 0.2) is 0 Å². The molecule has 0 aromatic heterocycles. The van der Waals surface area contributed by atoms with Crippen molar-refractivity contribution in [3.8, 4) is 11.5 Å². The highest BCUT2D eigenvalue weighted by atomic mass is 16.5. The predicted molar refractivity (Wildman–Crippen MR) is 123 cm³/mol. The molecule has 2 heterocycles. The lowest BCUT2D eigenvalue weighted by Gasteiger charge is -2.24. The van der Waals surface area contributed by atoms with E-state index in [4.69, 9.17) is 9.47 Å². The lowest BCUT2D eigenvalue weighted by molar-refractivity contribution is -0.145. The summed E-state index contributed by atoms with van der Waals surface area (Å²) in [6.45, 7) is 0.885. The van der Waals surface area contributed by atoms with Crippen LogP contribution in [-0.2, 0) is 27.5 Å². The van der Waals surface area contributed by atoms with Gasteiger partial charge in [-0.2, -0.15) is 0 Å². The van der Waals surface area contributed by atoms with Gasteiger partial charge in [0.2, 0.25) is 17.8 Å². The molecule has 1 fully saturated rings. The number of carbonyl (C=O) groups excluding carboxylic acids is 2. The zero-order valence-electron chi connectivity index (χ0n) is 18.8. The summed E-state index contributed by atoms with van der Waals surface area (Å²) in [6, 6.07) is 12.7. The van der Waals surface area contributed by atoms with Crippen molar-refractivity contribution in [2.75, 3.05) is 26.8 Å². The van der Waals surface area contributed by atoms with Crippen molar-refractivity contribution in [2.45, 2.75) is 25.9 Å². The molecule has 4 rings (SSSR count). The molecule has 0 radical (unpaired) electrons. The molecule has 0 aliphatic carbocycles. The number of nitrogens with zero attached hydrogens (tertiary/aromatic N) is 3. The van der Waals surface area contributed by atoms with Crippen LogP contribution in [0.4, 0.5) is 5.69 Å². The molecule has 1 saturated heterocycles. The molecule has 0 bridgehead atoms. The number of fused-ring (bicyclic) bond motifs is 2. The van der Waals surface area contributed by atoms with Crippen molar-refractivity contribution < 1.29 is 29.0 Å². The Kier molecular flexibility index (Phi) is 6.95. The molecule has 10 heteroatoms. The fourth-order valence-electron chi connectivity index (χ4n) is 3.89. The number of hydrogen-bond donors (Lipinski definition) is 2. The highest BCUT2D eigenvalue weighted by Gasteiger charge is 2.30. The third kappa shape index (κ3) is 5.45. The van der Waals surface area contributed by atoms with Crippen LogP contribution in [0.15, 0.2) is 47.5 Å².